The van der Waals surface area contributed by atoms with Gasteiger partial charge in [-0.2, -0.15) is 5.10 Å². The lowest BCUT2D eigenvalue weighted by molar-refractivity contribution is 0.246. The van der Waals surface area contributed by atoms with Crippen molar-refractivity contribution in [1.29, 1.82) is 0 Å². The molecule has 0 unspecified atom stereocenters. The van der Waals surface area contributed by atoms with Crippen molar-refractivity contribution in [3.63, 3.8) is 0 Å². The van der Waals surface area contributed by atoms with Crippen LogP contribution in [0.1, 0.15) is 11.5 Å². The van der Waals surface area contributed by atoms with Gasteiger partial charge in [-0.3, -0.25) is 9.58 Å². The van der Waals surface area contributed by atoms with Crippen molar-refractivity contribution >= 4 is 28.2 Å². The van der Waals surface area contributed by atoms with Crippen LogP contribution in [0.5, 0.6) is 0 Å². The van der Waals surface area contributed by atoms with E-state index in [-0.39, 0.29) is 0 Å². The summed E-state index contributed by atoms with van der Waals surface area (Å²) in [4.78, 5) is 19.4. The minimum Gasteiger partial charge on any atom is -0.440 e. The Labute approximate surface area is 166 Å². The molecular formula is C19H21N7OS. The predicted octanol–water partition coefficient (Wildman–Crippen LogP) is 2.71. The minimum absolute atomic E-state index is 0.723. The summed E-state index contributed by atoms with van der Waals surface area (Å²) in [7, 11) is 1.90. The molecule has 28 heavy (non-hydrogen) atoms. The van der Waals surface area contributed by atoms with Crippen molar-refractivity contribution < 1.29 is 4.42 Å². The highest BCUT2D eigenvalue weighted by atomic mass is 32.1. The van der Waals surface area contributed by atoms with Gasteiger partial charge in [0.1, 0.15) is 17.9 Å². The monoisotopic (exact) mass is 395 g/mol. The molecule has 0 radical (unpaired) electrons. The second-order valence-corrected chi connectivity index (χ2v) is 7.91. The second kappa shape index (κ2) is 6.99. The quantitative estimate of drug-likeness (QED) is 0.526. The van der Waals surface area contributed by atoms with Crippen LogP contribution in [0.25, 0.3) is 21.8 Å². The molecule has 1 aliphatic rings. The maximum Gasteiger partial charge on any atom is 0.236 e. The molecule has 4 aromatic rings. The van der Waals surface area contributed by atoms with Crippen LogP contribution in [-0.4, -0.2) is 55.8 Å². The lowest BCUT2D eigenvalue weighted by Crippen LogP contribution is -2.46. The zero-order valence-electron chi connectivity index (χ0n) is 15.9. The molecule has 0 aromatic carbocycles. The van der Waals surface area contributed by atoms with Crippen LogP contribution < -0.4 is 4.90 Å². The van der Waals surface area contributed by atoms with E-state index in [0.717, 1.165) is 71.8 Å². The van der Waals surface area contributed by atoms with E-state index in [9.17, 15) is 0 Å². The van der Waals surface area contributed by atoms with Crippen molar-refractivity contribution in [1.82, 2.24) is 29.6 Å². The zero-order valence-corrected chi connectivity index (χ0v) is 16.7. The highest BCUT2D eigenvalue weighted by Gasteiger charge is 2.23. The van der Waals surface area contributed by atoms with Crippen LogP contribution in [0.2, 0.25) is 0 Å². The molecule has 0 N–H and O–H groups in total. The molecule has 0 saturated carbocycles. The fourth-order valence-electron chi connectivity index (χ4n) is 3.61. The molecule has 0 spiro atoms. The van der Waals surface area contributed by atoms with Gasteiger partial charge in [0, 0.05) is 39.8 Å². The van der Waals surface area contributed by atoms with E-state index in [2.05, 4.69) is 24.9 Å². The first-order valence-corrected chi connectivity index (χ1v) is 10.2. The molecule has 4 aromatic heterocycles. The summed E-state index contributed by atoms with van der Waals surface area (Å²) in [5.74, 6) is 2.59. The van der Waals surface area contributed by atoms with E-state index in [1.807, 2.05) is 37.7 Å². The average molecular weight is 395 g/mol. The third-order valence-electron chi connectivity index (χ3n) is 5.18. The van der Waals surface area contributed by atoms with Crippen LogP contribution in [0.15, 0.2) is 34.5 Å². The summed E-state index contributed by atoms with van der Waals surface area (Å²) >= 11 is 1.65. The van der Waals surface area contributed by atoms with E-state index >= 15 is 0 Å². The van der Waals surface area contributed by atoms with E-state index in [4.69, 9.17) is 9.40 Å². The van der Waals surface area contributed by atoms with Gasteiger partial charge < -0.3 is 9.32 Å². The lowest BCUT2D eigenvalue weighted by Gasteiger charge is -2.35. The molecule has 5 heterocycles. The number of hydrogen-bond donors (Lipinski definition) is 0. The summed E-state index contributed by atoms with van der Waals surface area (Å²) in [5, 5.41) is 7.36. The number of rotatable bonds is 4. The Kier molecular flexibility index (Phi) is 4.33. The number of hydrogen-bond acceptors (Lipinski definition) is 8. The summed E-state index contributed by atoms with van der Waals surface area (Å²) in [6.07, 6.45) is 3.47. The van der Waals surface area contributed by atoms with Crippen molar-refractivity contribution in [2.24, 2.45) is 7.05 Å². The largest absolute Gasteiger partial charge is 0.440 e. The number of thiophene rings is 1. The number of anilines is 1. The number of nitrogens with zero attached hydrogens (tertiary/aromatic N) is 7. The molecule has 1 saturated heterocycles. The normalized spacial score (nSPS) is 15.6. The van der Waals surface area contributed by atoms with Crippen LogP contribution in [-0.2, 0) is 13.6 Å². The van der Waals surface area contributed by atoms with Crippen molar-refractivity contribution in [3.05, 3.63) is 41.5 Å². The molecule has 0 bridgehead atoms. The van der Waals surface area contributed by atoms with Gasteiger partial charge in [-0.25, -0.2) is 15.0 Å². The van der Waals surface area contributed by atoms with Crippen LogP contribution in [0.3, 0.4) is 0 Å². The summed E-state index contributed by atoms with van der Waals surface area (Å²) in [6.45, 7) is 6.53. The standard InChI is InChI=1S/C19H21N7OS/c1-13-15(23-19(27-13)16-4-3-9-28-16)11-25-5-7-26(8-6-25)18-14-10-22-24(2)17(14)20-12-21-18/h3-4,9-10,12H,5-8,11H2,1-2H3. The maximum absolute atomic E-state index is 5.88. The van der Waals surface area contributed by atoms with Gasteiger partial charge in [0.2, 0.25) is 5.89 Å². The first-order chi connectivity index (χ1) is 13.7. The van der Waals surface area contributed by atoms with Gasteiger partial charge >= 0.3 is 0 Å². The molecule has 8 nitrogen and oxygen atoms in total. The molecule has 0 aliphatic carbocycles. The summed E-state index contributed by atoms with van der Waals surface area (Å²) < 4.78 is 7.66. The molecule has 0 atom stereocenters. The molecule has 9 heteroatoms. The molecule has 5 rings (SSSR count). The molecule has 144 valence electrons. The number of aryl methyl sites for hydroxylation is 2. The number of aromatic nitrogens is 5. The first-order valence-electron chi connectivity index (χ1n) is 9.29. The predicted molar refractivity (Wildman–Crippen MR) is 108 cm³/mol. The van der Waals surface area contributed by atoms with Crippen LogP contribution >= 0.6 is 11.3 Å². The Hall–Kier alpha value is -2.78. The SMILES string of the molecule is Cc1oc(-c2cccs2)nc1CN1CCN(c2ncnc3c2cnn3C)CC1. The zero-order chi connectivity index (χ0) is 19.1. The fraction of sp³-hybridized carbons (Fsp3) is 0.368. The van der Waals surface area contributed by atoms with Crippen molar-refractivity contribution in [2.75, 3.05) is 31.1 Å². The fourth-order valence-corrected chi connectivity index (χ4v) is 4.26. The Morgan fingerprint density at radius 3 is 2.82 bits per heavy atom. The third-order valence-corrected chi connectivity index (χ3v) is 6.04. The van der Waals surface area contributed by atoms with Crippen molar-refractivity contribution in [2.45, 2.75) is 13.5 Å². The van der Waals surface area contributed by atoms with E-state index in [0.29, 0.717) is 0 Å². The van der Waals surface area contributed by atoms with Gasteiger partial charge in [-0.15, -0.1) is 11.3 Å². The maximum atomic E-state index is 5.88. The molecule has 1 aliphatic heterocycles. The Balaban J connectivity index is 1.28. The highest BCUT2D eigenvalue weighted by molar-refractivity contribution is 7.13. The van der Waals surface area contributed by atoms with Crippen LogP contribution in [0, 0.1) is 6.92 Å². The van der Waals surface area contributed by atoms with E-state index in [1.54, 1.807) is 22.3 Å². The Bertz CT molecular complexity index is 1090. The lowest BCUT2D eigenvalue weighted by atomic mass is 10.2. The Morgan fingerprint density at radius 1 is 1.18 bits per heavy atom. The minimum atomic E-state index is 0.723. The summed E-state index contributed by atoms with van der Waals surface area (Å²) in [5.41, 5.74) is 1.89. The average Bonchev–Trinajstić information content (AvgIpc) is 3.44. The van der Waals surface area contributed by atoms with Gasteiger partial charge in [-0.05, 0) is 18.4 Å². The smallest absolute Gasteiger partial charge is 0.236 e. The Morgan fingerprint density at radius 2 is 2.04 bits per heavy atom. The topological polar surface area (TPSA) is 76.1 Å². The third kappa shape index (κ3) is 3.06. The van der Waals surface area contributed by atoms with Gasteiger partial charge in [-0.1, -0.05) is 6.07 Å². The van der Waals surface area contributed by atoms with Gasteiger partial charge in [0.25, 0.3) is 0 Å². The van der Waals surface area contributed by atoms with Gasteiger partial charge in [0.15, 0.2) is 5.65 Å². The number of oxazole rings is 1. The van der Waals surface area contributed by atoms with E-state index < -0.39 is 0 Å². The number of fused-ring (bicyclic) bond motifs is 1. The van der Waals surface area contributed by atoms with Crippen LogP contribution in [0.4, 0.5) is 5.82 Å². The molecule has 0 amide bonds. The summed E-state index contributed by atoms with van der Waals surface area (Å²) in [6, 6.07) is 4.06. The molecular weight excluding hydrogens is 374 g/mol. The highest BCUT2D eigenvalue weighted by Crippen LogP contribution is 2.27. The molecule has 1 fully saturated rings. The van der Waals surface area contributed by atoms with Gasteiger partial charge in [0.05, 0.1) is 22.2 Å². The number of piperazine rings is 1. The second-order valence-electron chi connectivity index (χ2n) is 6.97. The van der Waals surface area contributed by atoms with E-state index in [1.165, 1.54) is 0 Å². The van der Waals surface area contributed by atoms with Crippen molar-refractivity contribution in [3.8, 4) is 10.8 Å². The first kappa shape index (κ1) is 17.3.